The molecule has 0 aromatic heterocycles. The quantitative estimate of drug-likeness (QED) is 0.900. The second kappa shape index (κ2) is 6.93. The van der Waals surface area contributed by atoms with E-state index in [4.69, 9.17) is 9.57 Å². The molecule has 2 aromatic rings. The Bertz CT molecular complexity index is 805. The molecule has 6 heteroatoms. The molecular weight excluding hydrogens is 323 g/mol. The topological polar surface area (TPSA) is 59.9 Å². The van der Waals surface area contributed by atoms with Gasteiger partial charge in [0.15, 0.2) is 0 Å². The van der Waals surface area contributed by atoms with Gasteiger partial charge in [0.25, 0.3) is 5.91 Å². The molecule has 1 heterocycles. The van der Waals surface area contributed by atoms with E-state index in [9.17, 15) is 9.18 Å². The van der Waals surface area contributed by atoms with Gasteiger partial charge in [-0.15, -0.1) is 0 Å². The first-order valence-electron chi connectivity index (χ1n) is 8.05. The molecule has 0 radical (unpaired) electrons. The predicted octanol–water partition coefficient (Wildman–Crippen LogP) is 3.75. The van der Waals surface area contributed by atoms with Gasteiger partial charge >= 0.3 is 0 Å². The number of nitrogens with zero attached hydrogens (tertiary/aromatic N) is 1. The van der Waals surface area contributed by atoms with Crippen LogP contribution in [0.15, 0.2) is 53.7 Å². The van der Waals surface area contributed by atoms with Gasteiger partial charge < -0.3 is 14.9 Å². The molecule has 1 aliphatic rings. The molecule has 3 rings (SSSR count). The van der Waals surface area contributed by atoms with Gasteiger partial charge in [-0.25, -0.2) is 4.39 Å². The van der Waals surface area contributed by atoms with E-state index >= 15 is 0 Å². The highest BCUT2D eigenvalue weighted by Gasteiger charge is 2.42. The Hall–Kier alpha value is -2.89. The number of oxime groups is 1. The minimum absolute atomic E-state index is 0.263. The third-order valence-corrected chi connectivity index (χ3v) is 3.92. The van der Waals surface area contributed by atoms with Crippen LogP contribution < -0.4 is 10.1 Å². The van der Waals surface area contributed by atoms with Crippen LogP contribution in [0.25, 0.3) is 0 Å². The van der Waals surface area contributed by atoms with Crippen LogP contribution in [0.5, 0.6) is 5.75 Å². The first-order chi connectivity index (χ1) is 12.0. The lowest BCUT2D eigenvalue weighted by Gasteiger charge is -2.20. The summed E-state index contributed by atoms with van der Waals surface area (Å²) in [7, 11) is 0. The van der Waals surface area contributed by atoms with E-state index in [0.29, 0.717) is 23.6 Å². The maximum absolute atomic E-state index is 13.4. The van der Waals surface area contributed by atoms with Crippen molar-refractivity contribution in [3.8, 4) is 5.75 Å². The molecule has 25 heavy (non-hydrogen) atoms. The Morgan fingerprint density at radius 1 is 1.32 bits per heavy atom. The van der Waals surface area contributed by atoms with E-state index in [2.05, 4.69) is 10.5 Å². The number of rotatable bonds is 5. The smallest absolute Gasteiger partial charge is 0.271 e. The van der Waals surface area contributed by atoms with E-state index in [0.717, 1.165) is 5.75 Å². The second-order valence-corrected chi connectivity index (χ2v) is 5.96. The van der Waals surface area contributed by atoms with E-state index in [1.807, 2.05) is 6.92 Å². The molecule has 0 unspecified atom stereocenters. The highest BCUT2D eigenvalue weighted by atomic mass is 19.1. The number of benzene rings is 2. The van der Waals surface area contributed by atoms with Crippen LogP contribution >= 0.6 is 0 Å². The minimum atomic E-state index is -1.14. The second-order valence-electron chi connectivity index (χ2n) is 5.96. The molecule has 1 aliphatic heterocycles. The van der Waals surface area contributed by atoms with Crippen molar-refractivity contribution in [3.05, 3.63) is 59.9 Å². The monoisotopic (exact) mass is 342 g/mol. The van der Waals surface area contributed by atoms with Gasteiger partial charge in [0.1, 0.15) is 11.6 Å². The summed E-state index contributed by atoms with van der Waals surface area (Å²) in [5, 5.41) is 6.78. The van der Waals surface area contributed by atoms with Gasteiger partial charge in [0.05, 0.1) is 12.3 Å². The van der Waals surface area contributed by atoms with Crippen LogP contribution in [0.1, 0.15) is 25.8 Å². The average Bonchev–Trinajstić information content (AvgIpc) is 3.01. The van der Waals surface area contributed by atoms with Crippen LogP contribution in [0.3, 0.4) is 0 Å². The Morgan fingerprint density at radius 3 is 2.76 bits per heavy atom. The number of halogens is 1. The Kier molecular flexibility index (Phi) is 4.70. The summed E-state index contributed by atoms with van der Waals surface area (Å²) < 4.78 is 18.7. The predicted molar refractivity (Wildman–Crippen MR) is 93.3 cm³/mol. The third-order valence-electron chi connectivity index (χ3n) is 3.92. The van der Waals surface area contributed by atoms with E-state index in [1.54, 1.807) is 43.3 Å². The zero-order chi connectivity index (χ0) is 17.9. The summed E-state index contributed by atoms with van der Waals surface area (Å²) in [6.07, 6.45) is 0.263. The fraction of sp³-hybridized carbons (Fsp3) is 0.263. The lowest BCUT2D eigenvalue weighted by atomic mass is 9.95. The Morgan fingerprint density at radius 2 is 2.08 bits per heavy atom. The fourth-order valence-corrected chi connectivity index (χ4v) is 2.55. The maximum atomic E-state index is 13.4. The summed E-state index contributed by atoms with van der Waals surface area (Å²) in [5.41, 5.74) is 0.652. The standard InChI is InChI=1S/C19H19FN2O3/c1-3-24-16-9-7-15(8-10-16)21-18(23)19(2)12-17(22-25-19)13-5-4-6-14(20)11-13/h4-11H,3,12H2,1-2H3,(H,21,23)/t19-/m1/s1. The lowest BCUT2D eigenvalue weighted by Crippen LogP contribution is -2.40. The van der Waals surface area contributed by atoms with Crippen molar-refractivity contribution in [2.24, 2.45) is 5.16 Å². The number of amides is 1. The van der Waals surface area contributed by atoms with Crippen LogP contribution in [-0.4, -0.2) is 23.8 Å². The molecule has 0 fully saturated rings. The minimum Gasteiger partial charge on any atom is -0.494 e. The van der Waals surface area contributed by atoms with Crippen LogP contribution in [0.2, 0.25) is 0 Å². The molecule has 5 nitrogen and oxygen atoms in total. The van der Waals surface area contributed by atoms with Gasteiger partial charge in [-0.2, -0.15) is 0 Å². The van der Waals surface area contributed by atoms with Gasteiger partial charge in [0.2, 0.25) is 5.60 Å². The van der Waals surface area contributed by atoms with Gasteiger partial charge in [0, 0.05) is 17.7 Å². The van der Waals surface area contributed by atoms with E-state index in [1.165, 1.54) is 12.1 Å². The Labute approximate surface area is 145 Å². The summed E-state index contributed by atoms with van der Waals surface area (Å²) >= 11 is 0. The van der Waals surface area contributed by atoms with Crippen molar-refractivity contribution in [1.82, 2.24) is 0 Å². The summed E-state index contributed by atoms with van der Waals surface area (Å²) in [4.78, 5) is 17.9. The van der Waals surface area contributed by atoms with Crippen molar-refractivity contribution in [1.29, 1.82) is 0 Å². The molecule has 1 N–H and O–H groups in total. The van der Waals surface area contributed by atoms with E-state index in [-0.39, 0.29) is 18.1 Å². The Balaban J connectivity index is 1.66. The van der Waals surface area contributed by atoms with E-state index < -0.39 is 5.60 Å². The number of nitrogens with one attached hydrogen (secondary N) is 1. The molecular formula is C19H19FN2O3. The van der Waals surface area contributed by atoms with Crippen molar-refractivity contribution in [2.75, 3.05) is 11.9 Å². The molecule has 2 aromatic carbocycles. The number of anilines is 1. The number of carbonyl (C=O) groups excluding carboxylic acids is 1. The first kappa shape index (κ1) is 17.0. The summed E-state index contributed by atoms with van der Waals surface area (Å²) in [5.74, 6) is 0.0695. The largest absolute Gasteiger partial charge is 0.494 e. The molecule has 0 bridgehead atoms. The SMILES string of the molecule is CCOc1ccc(NC(=O)[C@@]2(C)CC(c3cccc(F)c3)=NO2)cc1. The van der Waals surface area contributed by atoms with Gasteiger partial charge in [-0.05, 0) is 50.2 Å². The van der Waals surface area contributed by atoms with Crippen molar-refractivity contribution < 1.29 is 18.8 Å². The molecule has 1 amide bonds. The first-order valence-corrected chi connectivity index (χ1v) is 8.05. The fourth-order valence-electron chi connectivity index (χ4n) is 2.55. The average molecular weight is 342 g/mol. The van der Waals surface area contributed by atoms with Crippen LogP contribution in [-0.2, 0) is 9.63 Å². The molecule has 0 saturated carbocycles. The summed E-state index contributed by atoms with van der Waals surface area (Å²) in [6.45, 7) is 4.15. The highest BCUT2D eigenvalue weighted by Crippen LogP contribution is 2.28. The van der Waals surface area contributed by atoms with Gasteiger partial charge in [-0.1, -0.05) is 17.3 Å². The molecule has 0 aliphatic carbocycles. The molecule has 1 atom stereocenters. The van der Waals surface area contributed by atoms with Gasteiger partial charge in [-0.3, -0.25) is 4.79 Å². The number of hydrogen-bond donors (Lipinski definition) is 1. The van der Waals surface area contributed by atoms with Crippen molar-refractivity contribution >= 4 is 17.3 Å². The maximum Gasteiger partial charge on any atom is 0.271 e. The number of ether oxygens (including phenoxy) is 1. The molecule has 0 spiro atoms. The molecule has 0 saturated heterocycles. The lowest BCUT2D eigenvalue weighted by molar-refractivity contribution is -0.135. The number of hydrogen-bond acceptors (Lipinski definition) is 4. The zero-order valence-corrected chi connectivity index (χ0v) is 14.1. The van der Waals surface area contributed by atoms with Crippen LogP contribution in [0, 0.1) is 5.82 Å². The summed E-state index contributed by atoms with van der Waals surface area (Å²) in [6, 6.07) is 13.2. The van der Waals surface area contributed by atoms with Crippen molar-refractivity contribution in [3.63, 3.8) is 0 Å². The zero-order valence-electron chi connectivity index (χ0n) is 14.1. The highest BCUT2D eigenvalue weighted by molar-refractivity contribution is 6.07. The third kappa shape index (κ3) is 3.79. The van der Waals surface area contributed by atoms with Crippen molar-refractivity contribution in [2.45, 2.75) is 25.9 Å². The van der Waals surface area contributed by atoms with Crippen LogP contribution in [0.4, 0.5) is 10.1 Å². The number of carbonyl (C=O) groups is 1. The normalized spacial score (nSPS) is 19.1. The molecule has 130 valence electrons.